The standard InChI is InChI=1S/C5H9N3S/c6-3-1-2-4-9-5(7)8/h2-4,6H,1H2,(H3,7,8)/b4-2+,6-3?. The highest BCUT2D eigenvalue weighted by atomic mass is 32.2. The maximum atomic E-state index is 6.76. The Kier molecular flexibility index (Phi) is 4.91. The molecule has 0 spiro atoms. The van der Waals surface area contributed by atoms with Crippen LogP contribution >= 0.6 is 11.8 Å². The molecule has 0 saturated heterocycles. The summed E-state index contributed by atoms with van der Waals surface area (Å²) < 4.78 is 0. The highest BCUT2D eigenvalue weighted by Crippen LogP contribution is 1.99. The number of nitrogens with two attached hydrogens (primary N) is 1. The van der Waals surface area contributed by atoms with Crippen LogP contribution in [0.5, 0.6) is 0 Å². The van der Waals surface area contributed by atoms with E-state index in [1.54, 1.807) is 11.5 Å². The van der Waals surface area contributed by atoms with Gasteiger partial charge in [0, 0.05) is 6.42 Å². The lowest BCUT2D eigenvalue weighted by molar-refractivity contribution is 1.44. The van der Waals surface area contributed by atoms with Crippen molar-refractivity contribution in [2.45, 2.75) is 6.42 Å². The summed E-state index contributed by atoms with van der Waals surface area (Å²) in [5.74, 6) is 0. The summed E-state index contributed by atoms with van der Waals surface area (Å²) in [5.41, 5.74) is 5.01. The summed E-state index contributed by atoms with van der Waals surface area (Å²) >= 11 is 1.15. The van der Waals surface area contributed by atoms with Crippen LogP contribution in [-0.2, 0) is 0 Å². The van der Waals surface area contributed by atoms with Crippen LogP contribution < -0.4 is 5.73 Å². The molecule has 0 aliphatic rings. The Hall–Kier alpha value is -0.770. The Bertz CT molecular complexity index is 130. The van der Waals surface area contributed by atoms with Crippen LogP contribution in [0.2, 0.25) is 0 Å². The number of allylic oxidation sites excluding steroid dienone is 1. The average Bonchev–Trinajstić information content (AvgIpc) is 1.80. The summed E-state index contributed by atoms with van der Waals surface area (Å²) in [7, 11) is 0. The first kappa shape index (κ1) is 8.23. The molecule has 0 amide bonds. The molecule has 0 bridgehead atoms. The molecule has 0 unspecified atom stereocenters. The molecule has 0 fully saturated rings. The van der Waals surface area contributed by atoms with Crippen LogP contribution in [0.15, 0.2) is 11.5 Å². The van der Waals surface area contributed by atoms with Crippen LogP contribution in [0.4, 0.5) is 0 Å². The number of hydrogen-bond acceptors (Lipinski definition) is 3. The van der Waals surface area contributed by atoms with Gasteiger partial charge in [0.1, 0.15) is 0 Å². The van der Waals surface area contributed by atoms with E-state index in [0.29, 0.717) is 6.42 Å². The Morgan fingerprint density at radius 1 is 1.67 bits per heavy atom. The van der Waals surface area contributed by atoms with Gasteiger partial charge in [0.15, 0.2) is 5.17 Å². The van der Waals surface area contributed by atoms with Gasteiger partial charge in [0.05, 0.1) is 0 Å². The van der Waals surface area contributed by atoms with Crippen LogP contribution in [0.25, 0.3) is 0 Å². The molecule has 0 aliphatic carbocycles. The predicted octanol–water partition coefficient (Wildman–Crippen LogP) is 1.17. The van der Waals surface area contributed by atoms with Crippen LogP contribution in [-0.4, -0.2) is 11.4 Å². The molecular formula is C5H9N3S. The number of rotatable bonds is 3. The second-order valence-corrected chi connectivity index (χ2v) is 2.24. The van der Waals surface area contributed by atoms with Gasteiger partial charge in [-0.05, 0) is 11.6 Å². The van der Waals surface area contributed by atoms with Gasteiger partial charge < -0.3 is 11.1 Å². The summed E-state index contributed by atoms with van der Waals surface area (Å²) in [6, 6.07) is 0. The number of hydrogen-bond donors (Lipinski definition) is 3. The Morgan fingerprint density at radius 2 is 2.33 bits per heavy atom. The molecule has 4 heteroatoms. The fourth-order valence-electron chi connectivity index (χ4n) is 0.245. The Balaban J connectivity index is 3.24. The molecule has 4 N–H and O–H groups in total. The van der Waals surface area contributed by atoms with Gasteiger partial charge in [-0.15, -0.1) is 0 Å². The van der Waals surface area contributed by atoms with E-state index in [0.717, 1.165) is 11.8 Å². The minimum atomic E-state index is 0.0798. The molecule has 9 heavy (non-hydrogen) atoms. The van der Waals surface area contributed by atoms with Gasteiger partial charge in [-0.2, -0.15) is 0 Å². The Morgan fingerprint density at radius 3 is 2.78 bits per heavy atom. The van der Waals surface area contributed by atoms with Crippen molar-refractivity contribution in [3.63, 3.8) is 0 Å². The van der Waals surface area contributed by atoms with Crippen LogP contribution in [0.3, 0.4) is 0 Å². The zero-order valence-corrected chi connectivity index (χ0v) is 5.74. The molecule has 0 aromatic carbocycles. The van der Waals surface area contributed by atoms with Crippen molar-refractivity contribution in [1.29, 1.82) is 10.8 Å². The van der Waals surface area contributed by atoms with E-state index in [9.17, 15) is 0 Å². The number of nitrogens with one attached hydrogen (secondary N) is 2. The van der Waals surface area contributed by atoms with E-state index in [1.165, 1.54) is 6.21 Å². The molecule has 0 aromatic rings. The van der Waals surface area contributed by atoms with E-state index < -0.39 is 0 Å². The first-order chi connectivity index (χ1) is 4.27. The molecule has 3 nitrogen and oxygen atoms in total. The lowest BCUT2D eigenvalue weighted by Crippen LogP contribution is -2.01. The Labute approximate surface area is 58.3 Å². The van der Waals surface area contributed by atoms with E-state index in [-0.39, 0.29) is 5.17 Å². The molecule has 50 valence electrons. The first-order valence-electron chi connectivity index (χ1n) is 2.42. The average molecular weight is 143 g/mol. The zero-order valence-electron chi connectivity index (χ0n) is 4.92. The SMILES string of the molecule is N=CC/C=C/SC(=N)N. The molecule has 0 radical (unpaired) electrons. The zero-order chi connectivity index (χ0) is 7.11. The third-order valence-electron chi connectivity index (χ3n) is 0.545. The number of thioether (sulfide) groups is 1. The van der Waals surface area contributed by atoms with Crippen molar-refractivity contribution in [1.82, 2.24) is 0 Å². The maximum absolute atomic E-state index is 6.76. The van der Waals surface area contributed by atoms with Gasteiger partial charge in [0.25, 0.3) is 0 Å². The lowest BCUT2D eigenvalue weighted by Gasteiger charge is -1.84. The van der Waals surface area contributed by atoms with Crippen molar-refractivity contribution in [2.75, 3.05) is 0 Å². The topological polar surface area (TPSA) is 73.7 Å². The minimum Gasteiger partial charge on any atom is -0.378 e. The van der Waals surface area contributed by atoms with Gasteiger partial charge >= 0.3 is 0 Å². The molecule has 0 aliphatic heterocycles. The summed E-state index contributed by atoms with van der Waals surface area (Å²) in [6.07, 6.45) is 3.68. The normalized spacial score (nSPS) is 9.78. The molecular weight excluding hydrogens is 134 g/mol. The van der Waals surface area contributed by atoms with Gasteiger partial charge in [0.2, 0.25) is 0 Å². The lowest BCUT2D eigenvalue weighted by atomic mass is 10.5. The van der Waals surface area contributed by atoms with E-state index >= 15 is 0 Å². The largest absolute Gasteiger partial charge is 0.378 e. The van der Waals surface area contributed by atoms with Gasteiger partial charge in [-0.3, -0.25) is 5.41 Å². The highest BCUT2D eigenvalue weighted by Gasteiger charge is 1.79. The first-order valence-corrected chi connectivity index (χ1v) is 3.30. The fourth-order valence-corrected chi connectivity index (χ4v) is 0.599. The summed E-state index contributed by atoms with van der Waals surface area (Å²) in [6.45, 7) is 0. The molecule has 0 rings (SSSR count). The van der Waals surface area contributed by atoms with Crippen molar-refractivity contribution in [3.8, 4) is 0 Å². The monoisotopic (exact) mass is 143 g/mol. The van der Waals surface area contributed by atoms with E-state index in [2.05, 4.69) is 0 Å². The molecule has 0 atom stereocenters. The summed E-state index contributed by atoms with van der Waals surface area (Å²) in [5, 5.41) is 15.2. The fraction of sp³-hybridized carbons (Fsp3) is 0.200. The number of amidine groups is 1. The smallest absolute Gasteiger partial charge is 0.155 e. The maximum Gasteiger partial charge on any atom is 0.155 e. The van der Waals surface area contributed by atoms with Gasteiger partial charge in [-0.25, -0.2) is 0 Å². The predicted molar refractivity (Wildman–Crippen MR) is 42.0 cm³/mol. The van der Waals surface area contributed by atoms with Gasteiger partial charge in [-0.1, -0.05) is 17.8 Å². The van der Waals surface area contributed by atoms with Crippen molar-refractivity contribution >= 4 is 23.1 Å². The van der Waals surface area contributed by atoms with Crippen LogP contribution in [0.1, 0.15) is 6.42 Å². The van der Waals surface area contributed by atoms with Crippen molar-refractivity contribution < 1.29 is 0 Å². The second-order valence-electron chi connectivity index (χ2n) is 1.29. The third-order valence-corrected chi connectivity index (χ3v) is 1.13. The highest BCUT2D eigenvalue weighted by molar-refractivity contribution is 8.16. The molecule has 0 aromatic heterocycles. The van der Waals surface area contributed by atoms with Crippen molar-refractivity contribution in [2.24, 2.45) is 5.73 Å². The quantitative estimate of drug-likeness (QED) is 0.410. The molecule has 0 heterocycles. The second kappa shape index (κ2) is 5.37. The minimum absolute atomic E-state index is 0.0798. The summed E-state index contributed by atoms with van der Waals surface area (Å²) in [4.78, 5) is 0. The third kappa shape index (κ3) is 7.23. The van der Waals surface area contributed by atoms with Crippen LogP contribution in [0, 0.1) is 10.8 Å². The van der Waals surface area contributed by atoms with E-state index in [4.69, 9.17) is 16.6 Å². The molecule has 0 saturated carbocycles. The van der Waals surface area contributed by atoms with Crippen molar-refractivity contribution in [3.05, 3.63) is 11.5 Å². The van der Waals surface area contributed by atoms with E-state index in [1.807, 2.05) is 0 Å².